The van der Waals surface area contributed by atoms with Crippen molar-refractivity contribution in [1.82, 2.24) is 5.43 Å². The first-order valence-corrected chi connectivity index (χ1v) is 11.9. The summed E-state index contributed by atoms with van der Waals surface area (Å²) in [5.41, 5.74) is 4.26. The van der Waals surface area contributed by atoms with E-state index in [0.717, 1.165) is 20.9 Å². The largest absolute Gasteiger partial charge is 0.421 e. The molecule has 0 saturated heterocycles. The van der Waals surface area contributed by atoms with E-state index < -0.39 is 5.97 Å². The highest BCUT2D eigenvalue weighted by molar-refractivity contribution is 9.11. The number of halogens is 2. The predicted octanol–water partition coefficient (Wildman–Crippen LogP) is 6.15. The number of anilines is 1. The van der Waals surface area contributed by atoms with Crippen molar-refractivity contribution < 1.29 is 14.3 Å². The second-order valence-corrected chi connectivity index (χ2v) is 9.04. The van der Waals surface area contributed by atoms with Gasteiger partial charge in [0.25, 0.3) is 5.91 Å². The Balaban J connectivity index is 1.40. The number of carbonyl (C=O) groups is 2. The SMILES string of the molecule is O=C(CNc1ccc2ccccc2c1)N/N=C\c1cc(Br)cc(Br)c1OC(=O)c1ccccc1. The number of esters is 1. The minimum atomic E-state index is -0.498. The molecule has 0 unspecified atom stereocenters. The molecule has 0 aliphatic rings. The molecule has 0 radical (unpaired) electrons. The Labute approximate surface area is 213 Å². The molecule has 0 heterocycles. The van der Waals surface area contributed by atoms with Gasteiger partial charge in [-0.1, -0.05) is 64.5 Å². The lowest BCUT2D eigenvalue weighted by Crippen LogP contribution is -2.25. The number of carbonyl (C=O) groups excluding carboxylic acids is 2. The van der Waals surface area contributed by atoms with Crippen LogP contribution in [0.2, 0.25) is 0 Å². The van der Waals surface area contributed by atoms with Gasteiger partial charge >= 0.3 is 5.97 Å². The summed E-state index contributed by atoms with van der Waals surface area (Å²) >= 11 is 6.84. The van der Waals surface area contributed by atoms with E-state index in [1.165, 1.54) is 6.21 Å². The molecule has 4 rings (SSSR count). The second kappa shape index (κ2) is 11.1. The first kappa shape index (κ1) is 23.7. The molecule has 0 spiro atoms. The average Bonchev–Trinajstić information content (AvgIpc) is 2.85. The Morgan fingerprint density at radius 3 is 2.41 bits per heavy atom. The van der Waals surface area contributed by atoms with E-state index in [9.17, 15) is 9.59 Å². The Bertz CT molecular complexity index is 1370. The lowest BCUT2D eigenvalue weighted by molar-refractivity contribution is -0.119. The Morgan fingerprint density at radius 2 is 1.62 bits per heavy atom. The summed E-state index contributed by atoms with van der Waals surface area (Å²) in [5.74, 6) is -0.521. The maximum Gasteiger partial charge on any atom is 0.343 e. The van der Waals surface area contributed by atoms with Gasteiger partial charge in [0.15, 0.2) is 5.75 Å². The molecule has 0 aliphatic heterocycles. The van der Waals surface area contributed by atoms with Crippen molar-refractivity contribution in [3.63, 3.8) is 0 Å². The predicted molar refractivity (Wildman–Crippen MR) is 141 cm³/mol. The third-order valence-corrected chi connectivity index (χ3v) is 5.88. The first-order valence-electron chi connectivity index (χ1n) is 10.3. The van der Waals surface area contributed by atoms with E-state index in [-0.39, 0.29) is 12.5 Å². The summed E-state index contributed by atoms with van der Waals surface area (Å²) in [6.07, 6.45) is 1.43. The number of rotatable bonds is 7. The van der Waals surface area contributed by atoms with Crippen molar-refractivity contribution in [2.45, 2.75) is 0 Å². The fourth-order valence-corrected chi connectivity index (χ4v) is 4.54. The van der Waals surface area contributed by atoms with Crippen LogP contribution in [0.5, 0.6) is 5.75 Å². The van der Waals surface area contributed by atoms with Crippen LogP contribution in [0.1, 0.15) is 15.9 Å². The van der Waals surface area contributed by atoms with Gasteiger partial charge in [0.2, 0.25) is 0 Å². The van der Waals surface area contributed by atoms with Crippen LogP contribution in [0, 0.1) is 0 Å². The summed E-state index contributed by atoms with van der Waals surface area (Å²) in [4.78, 5) is 24.8. The quantitative estimate of drug-likeness (QED) is 0.119. The second-order valence-electron chi connectivity index (χ2n) is 7.27. The molecule has 0 atom stereocenters. The fraction of sp³-hybridized carbons (Fsp3) is 0.0385. The highest BCUT2D eigenvalue weighted by atomic mass is 79.9. The molecule has 1 amide bonds. The molecule has 6 nitrogen and oxygen atoms in total. The highest BCUT2D eigenvalue weighted by Crippen LogP contribution is 2.32. The van der Waals surface area contributed by atoms with Crippen molar-refractivity contribution in [1.29, 1.82) is 0 Å². The van der Waals surface area contributed by atoms with Gasteiger partial charge in [-0.25, -0.2) is 10.2 Å². The summed E-state index contributed by atoms with van der Waals surface area (Å²) in [6.45, 7) is 0.0493. The monoisotopic (exact) mass is 579 g/mol. The minimum absolute atomic E-state index is 0.0493. The summed E-state index contributed by atoms with van der Waals surface area (Å²) < 4.78 is 6.91. The van der Waals surface area contributed by atoms with Crippen molar-refractivity contribution in [3.05, 3.63) is 105 Å². The minimum Gasteiger partial charge on any atom is -0.421 e. The van der Waals surface area contributed by atoms with Gasteiger partial charge in [-0.15, -0.1) is 0 Å². The lowest BCUT2D eigenvalue weighted by atomic mass is 10.1. The zero-order valence-corrected chi connectivity index (χ0v) is 21.0. The maximum absolute atomic E-state index is 12.5. The van der Waals surface area contributed by atoms with Crippen molar-refractivity contribution in [2.24, 2.45) is 5.10 Å². The van der Waals surface area contributed by atoms with E-state index in [2.05, 4.69) is 47.7 Å². The maximum atomic E-state index is 12.5. The van der Waals surface area contributed by atoms with Crippen LogP contribution in [0.4, 0.5) is 5.69 Å². The van der Waals surface area contributed by atoms with E-state index >= 15 is 0 Å². The van der Waals surface area contributed by atoms with Crippen LogP contribution in [0.25, 0.3) is 10.8 Å². The lowest BCUT2D eigenvalue weighted by Gasteiger charge is -2.10. The van der Waals surface area contributed by atoms with Crippen molar-refractivity contribution >= 4 is 66.4 Å². The summed E-state index contributed by atoms with van der Waals surface area (Å²) in [5, 5.41) is 9.34. The number of nitrogens with one attached hydrogen (secondary N) is 2. The van der Waals surface area contributed by atoms with Gasteiger partial charge in [0, 0.05) is 15.7 Å². The van der Waals surface area contributed by atoms with Gasteiger partial charge in [0.05, 0.1) is 22.8 Å². The zero-order chi connectivity index (χ0) is 23.9. The van der Waals surface area contributed by atoms with Crippen molar-refractivity contribution in [3.8, 4) is 5.75 Å². The number of ether oxygens (including phenoxy) is 1. The molecular formula is C26H19Br2N3O3. The summed E-state index contributed by atoms with van der Waals surface area (Å²) in [7, 11) is 0. The van der Waals surface area contributed by atoms with Gasteiger partial charge in [-0.05, 0) is 63.1 Å². The van der Waals surface area contributed by atoms with E-state index in [4.69, 9.17) is 4.74 Å². The van der Waals surface area contributed by atoms with E-state index in [0.29, 0.717) is 21.3 Å². The first-order chi connectivity index (χ1) is 16.5. The third kappa shape index (κ3) is 6.09. The molecule has 4 aromatic rings. The van der Waals surface area contributed by atoms with Crippen LogP contribution < -0.4 is 15.5 Å². The van der Waals surface area contributed by atoms with E-state index in [1.54, 1.807) is 36.4 Å². The average molecular weight is 581 g/mol. The number of benzene rings is 4. The molecule has 0 bridgehead atoms. The molecule has 0 saturated carbocycles. The zero-order valence-electron chi connectivity index (χ0n) is 17.8. The van der Waals surface area contributed by atoms with Crippen LogP contribution >= 0.6 is 31.9 Å². The number of nitrogens with zero attached hydrogens (tertiary/aromatic N) is 1. The smallest absolute Gasteiger partial charge is 0.343 e. The number of amides is 1. The normalized spacial score (nSPS) is 10.9. The Hall–Kier alpha value is -3.49. The third-order valence-electron chi connectivity index (χ3n) is 4.84. The Morgan fingerprint density at radius 1 is 0.882 bits per heavy atom. The van der Waals surface area contributed by atoms with Crippen LogP contribution in [0.3, 0.4) is 0 Å². The van der Waals surface area contributed by atoms with Gasteiger partial charge in [-0.2, -0.15) is 5.10 Å². The number of hydrogen-bond acceptors (Lipinski definition) is 5. The highest BCUT2D eigenvalue weighted by Gasteiger charge is 2.15. The topological polar surface area (TPSA) is 79.8 Å². The molecule has 34 heavy (non-hydrogen) atoms. The van der Waals surface area contributed by atoms with Crippen LogP contribution in [-0.2, 0) is 4.79 Å². The van der Waals surface area contributed by atoms with E-state index in [1.807, 2.05) is 48.5 Å². The number of hydrogen-bond donors (Lipinski definition) is 2. The van der Waals surface area contributed by atoms with Crippen LogP contribution in [0.15, 0.2) is 99.0 Å². The van der Waals surface area contributed by atoms with Gasteiger partial charge in [-0.3, -0.25) is 4.79 Å². The molecular weight excluding hydrogens is 562 g/mol. The molecule has 0 aromatic heterocycles. The van der Waals surface area contributed by atoms with Crippen molar-refractivity contribution in [2.75, 3.05) is 11.9 Å². The summed E-state index contributed by atoms with van der Waals surface area (Å²) in [6, 6.07) is 26.1. The van der Waals surface area contributed by atoms with Crippen LogP contribution in [-0.4, -0.2) is 24.6 Å². The molecule has 0 aliphatic carbocycles. The fourth-order valence-electron chi connectivity index (χ4n) is 3.20. The standard InChI is InChI=1S/C26H19Br2N3O3/c27-21-12-20(25(23(28)14-21)34-26(33)18-7-2-1-3-8-18)15-30-31-24(32)16-29-22-11-10-17-6-4-5-9-19(17)13-22/h1-15,29H,16H2,(H,31,32)/b30-15-. The molecule has 170 valence electrons. The Kier molecular flexibility index (Phi) is 7.72. The van der Waals surface area contributed by atoms with Gasteiger partial charge < -0.3 is 10.1 Å². The van der Waals surface area contributed by atoms with Gasteiger partial charge in [0.1, 0.15) is 0 Å². The number of fused-ring (bicyclic) bond motifs is 1. The number of hydrazone groups is 1. The molecule has 0 fully saturated rings. The molecule has 2 N–H and O–H groups in total. The molecule has 8 heteroatoms. The molecule has 4 aromatic carbocycles.